The van der Waals surface area contributed by atoms with Gasteiger partial charge in [-0.25, -0.2) is 9.78 Å². The minimum atomic E-state index is -1.14. The van der Waals surface area contributed by atoms with Crippen LogP contribution in [0.2, 0.25) is 0 Å². The van der Waals surface area contributed by atoms with Crippen LogP contribution in [-0.2, 0) is 4.79 Å². The largest absolute Gasteiger partial charge is 0.502 e. The zero-order chi connectivity index (χ0) is 18.7. The third-order valence-electron chi connectivity index (χ3n) is 3.48. The van der Waals surface area contributed by atoms with Crippen LogP contribution >= 0.6 is 11.8 Å². The minimum Gasteiger partial charge on any atom is -0.502 e. The number of carboxylic acids is 1. The SMILES string of the molecule is COc1cc(/C=C(\Sc2nc3ccccc3o2)C(=O)O)cc(OC)c1O. The second-order valence-corrected chi connectivity index (χ2v) is 6.13. The first-order valence-electron chi connectivity index (χ1n) is 7.45. The van der Waals surface area contributed by atoms with E-state index in [1.54, 1.807) is 12.1 Å². The topological polar surface area (TPSA) is 102 Å². The van der Waals surface area contributed by atoms with Gasteiger partial charge in [-0.3, -0.25) is 0 Å². The summed E-state index contributed by atoms with van der Waals surface area (Å²) in [6, 6.07) is 10.2. The van der Waals surface area contributed by atoms with Crippen molar-refractivity contribution < 1.29 is 28.9 Å². The third-order valence-corrected chi connectivity index (χ3v) is 4.34. The number of para-hydroxylation sites is 2. The lowest BCUT2D eigenvalue weighted by Crippen LogP contribution is -1.97. The van der Waals surface area contributed by atoms with E-state index in [1.165, 1.54) is 32.4 Å². The molecule has 0 spiro atoms. The molecule has 0 radical (unpaired) electrons. The second-order valence-electron chi connectivity index (χ2n) is 5.14. The fourth-order valence-corrected chi connectivity index (χ4v) is 3.02. The molecule has 0 saturated carbocycles. The summed E-state index contributed by atoms with van der Waals surface area (Å²) in [5, 5.41) is 19.7. The van der Waals surface area contributed by atoms with Crippen molar-refractivity contribution in [2.24, 2.45) is 0 Å². The average Bonchev–Trinajstić information content (AvgIpc) is 3.04. The summed E-state index contributed by atoms with van der Waals surface area (Å²) < 4.78 is 15.7. The number of benzene rings is 2. The predicted octanol–water partition coefficient (Wildman–Crippen LogP) is 3.77. The average molecular weight is 373 g/mol. The predicted molar refractivity (Wildman–Crippen MR) is 96.7 cm³/mol. The highest BCUT2D eigenvalue weighted by Gasteiger charge is 2.16. The molecule has 0 aliphatic heterocycles. The Morgan fingerprint density at radius 2 is 1.85 bits per heavy atom. The van der Waals surface area contributed by atoms with Gasteiger partial charge in [0.25, 0.3) is 5.22 Å². The van der Waals surface area contributed by atoms with Crippen LogP contribution in [0, 0.1) is 0 Å². The number of ether oxygens (including phenoxy) is 2. The number of nitrogens with zero attached hydrogens (tertiary/aromatic N) is 1. The van der Waals surface area contributed by atoms with E-state index in [-0.39, 0.29) is 27.4 Å². The van der Waals surface area contributed by atoms with E-state index in [9.17, 15) is 15.0 Å². The fraction of sp³-hybridized carbons (Fsp3) is 0.111. The first kappa shape index (κ1) is 17.7. The van der Waals surface area contributed by atoms with E-state index >= 15 is 0 Å². The molecule has 0 aliphatic carbocycles. The summed E-state index contributed by atoms with van der Waals surface area (Å²) in [6.07, 6.45) is 1.42. The second kappa shape index (κ2) is 7.40. The third kappa shape index (κ3) is 3.60. The zero-order valence-corrected chi connectivity index (χ0v) is 14.7. The summed E-state index contributed by atoms with van der Waals surface area (Å²) in [6.45, 7) is 0. The van der Waals surface area contributed by atoms with Gasteiger partial charge in [-0.2, -0.15) is 0 Å². The highest BCUT2D eigenvalue weighted by molar-refractivity contribution is 8.03. The highest BCUT2D eigenvalue weighted by atomic mass is 32.2. The zero-order valence-electron chi connectivity index (χ0n) is 13.9. The van der Waals surface area contributed by atoms with Gasteiger partial charge in [0, 0.05) is 0 Å². The number of aromatic hydroxyl groups is 1. The van der Waals surface area contributed by atoms with Crippen LogP contribution in [0.1, 0.15) is 5.56 Å². The standard InChI is InChI=1S/C18H15NO6S/c1-23-13-7-10(8-14(24-2)16(13)20)9-15(17(21)22)26-18-19-11-5-3-4-6-12(11)25-18/h3-9,20H,1-2H3,(H,21,22)/b15-9-. The monoisotopic (exact) mass is 373 g/mol. The number of carbonyl (C=O) groups is 1. The van der Waals surface area contributed by atoms with E-state index in [4.69, 9.17) is 13.9 Å². The molecule has 0 fully saturated rings. The van der Waals surface area contributed by atoms with E-state index in [0.717, 1.165) is 11.8 Å². The van der Waals surface area contributed by atoms with Gasteiger partial charge in [0.15, 0.2) is 17.1 Å². The molecule has 0 atom stereocenters. The molecular formula is C18H15NO6S. The van der Waals surface area contributed by atoms with Crippen molar-refractivity contribution in [1.82, 2.24) is 4.98 Å². The van der Waals surface area contributed by atoms with Crippen molar-refractivity contribution in [1.29, 1.82) is 0 Å². The molecule has 8 heteroatoms. The lowest BCUT2D eigenvalue weighted by atomic mass is 10.1. The maximum absolute atomic E-state index is 11.6. The van der Waals surface area contributed by atoms with Gasteiger partial charge in [0.2, 0.25) is 5.75 Å². The summed E-state index contributed by atoms with van der Waals surface area (Å²) in [5.41, 5.74) is 1.71. The maximum Gasteiger partial charge on any atom is 0.342 e. The van der Waals surface area contributed by atoms with Gasteiger partial charge in [-0.05, 0) is 47.7 Å². The number of aliphatic carboxylic acids is 1. The molecule has 1 heterocycles. The van der Waals surface area contributed by atoms with Crippen molar-refractivity contribution >= 4 is 34.9 Å². The molecule has 7 nitrogen and oxygen atoms in total. The van der Waals surface area contributed by atoms with E-state index in [0.29, 0.717) is 16.7 Å². The van der Waals surface area contributed by atoms with Gasteiger partial charge in [-0.15, -0.1) is 0 Å². The highest BCUT2D eigenvalue weighted by Crippen LogP contribution is 2.38. The van der Waals surface area contributed by atoms with Crippen molar-refractivity contribution in [3.05, 3.63) is 46.9 Å². The van der Waals surface area contributed by atoms with E-state index in [2.05, 4.69) is 4.98 Å². The molecule has 0 unspecified atom stereocenters. The molecule has 3 aromatic rings. The maximum atomic E-state index is 11.6. The number of hydrogen-bond acceptors (Lipinski definition) is 7. The molecule has 0 saturated heterocycles. The summed E-state index contributed by atoms with van der Waals surface area (Å²) in [4.78, 5) is 15.9. The fourth-order valence-electron chi connectivity index (χ4n) is 2.27. The van der Waals surface area contributed by atoms with Gasteiger partial charge in [-0.1, -0.05) is 12.1 Å². The Bertz CT molecular complexity index is 936. The number of phenols is 1. The van der Waals surface area contributed by atoms with Crippen molar-refractivity contribution in [3.63, 3.8) is 0 Å². The van der Waals surface area contributed by atoms with Crippen LogP contribution in [0.3, 0.4) is 0 Å². The van der Waals surface area contributed by atoms with Crippen LogP contribution in [-0.4, -0.2) is 35.4 Å². The number of carboxylic acid groups (broad SMARTS) is 1. The van der Waals surface area contributed by atoms with Gasteiger partial charge in [0.1, 0.15) is 10.4 Å². The van der Waals surface area contributed by atoms with Crippen molar-refractivity contribution in [3.8, 4) is 17.2 Å². The number of fused-ring (bicyclic) bond motifs is 1. The molecule has 0 amide bonds. The van der Waals surface area contributed by atoms with Crippen molar-refractivity contribution in [2.45, 2.75) is 5.22 Å². The Hall–Kier alpha value is -3.13. The molecule has 26 heavy (non-hydrogen) atoms. The Morgan fingerprint density at radius 3 is 2.42 bits per heavy atom. The minimum absolute atomic E-state index is 0.00801. The lowest BCUT2D eigenvalue weighted by Gasteiger charge is -2.10. The molecule has 0 aliphatic rings. The number of phenolic OH excluding ortho intramolecular Hbond substituents is 1. The lowest BCUT2D eigenvalue weighted by molar-refractivity contribution is -0.131. The van der Waals surface area contributed by atoms with Gasteiger partial charge >= 0.3 is 5.97 Å². The first-order valence-corrected chi connectivity index (χ1v) is 8.27. The van der Waals surface area contributed by atoms with Gasteiger partial charge < -0.3 is 24.1 Å². The summed E-state index contributed by atoms with van der Waals surface area (Å²) in [5.74, 6) is -0.946. The molecule has 1 aromatic heterocycles. The van der Waals surface area contributed by atoms with Crippen LogP contribution in [0.4, 0.5) is 0 Å². The van der Waals surface area contributed by atoms with Crippen molar-refractivity contribution in [2.75, 3.05) is 14.2 Å². The Kier molecular flexibility index (Phi) is 5.04. The first-order chi connectivity index (χ1) is 12.5. The quantitative estimate of drug-likeness (QED) is 0.497. The van der Waals surface area contributed by atoms with Crippen LogP contribution < -0.4 is 9.47 Å². The Labute approximate surface area is 152 Å². The molecule has 3 rings (SSSR count). The summed E-state index contributed by atoms with van der Waals surface area (Å²) in [7, 11) is 2.79. The number of thioether (sulfide) groups is 1. The van der Waals surface area contributed by atoms with Crippen LogP contribution in [0.25, 0.3) is 17.2 Å². The van der Waals surface area contributed by atoms with E-state index < -0.39 is 5.97 Å². The number of aromatic nitrogens is 1. The van der Waals surface area contributed by atoms with Crippen LogP contribution in [0.5, 0.6) is 17.2 Å². The number of oxazole rings is 1. The van der Waals surface area contributed by atoms with Gasteiger partial charge in [0.05, 0.1) is 14.2 Å². The number of hydrogen-bond donors (Lipinski definition) is 2. The summed E-state index contributed by atoms with van der Waals surface area (Å²) >= 11 is 0.888. The van der Waals surface area contributed by atoms with Crippen LogP contribution in [0.15, 0.2) is 50.9 Å². The molecule has 134 valence electrons. The molecule has 2 aromatic carbocycles. The smallest absolute Gasteiger partial charge is 0.342 e. The Morgan fingerprint density at radius 1 is 1.19 bits per heavy atom. The molecule has 2 N–H and O–H groups in total. The Balaban J connectivity index is 1.98. The van der Waals surface area contributed by atoms with E-state index in [1.807, 2.05) is 12.1 Å². The molecular weight excluding hydrogens is 358 g/mol. The number of methoxy groups -OCH3 is 2. The number of rotatable bonds is 6. The molecule has 0 bridgehead atoms. The normalized spacial score (nSPS) is 11.5.